The highest BCUT2D eigenvalue weighted by Crippen LogP contribution is 2.23. The van der Waals surface area contributed by atoms with Gasteiger partial charge in [0.25, 0.3) is 5.91 Å². The number of nitrogens with zero attached hydrogens (tertiary/aromatic N) is 2. The minimum Gasteiger partial charge on any atom is -0.336 e. The molecule has 2 N–H and O–H groups in total. The first-order valence-corrected chi connectivity index (χ1v) is 6.65. The van der Waals surface area contributed by atoms with E-state index in [1.54, 1.807) is 12.4 Å². The third kappa shape index (κ3) is 2.88. The summed E-state index contributed by atoms with van der Waals surface area (Å²) in [5.74, 6) is 0.116. The Kier molecular flexibility index (Phi) is 4.31. The van der Waals surface area contributed by atoms with Gasteiger partial charge in [0, 0.05) is 25.0 Å². The molecule has 0 saturated carbocycles. The Labute approximate surface area is 108 Å². The fourth-order valence-corrected chi connectivity index (χ4v) is 2.59. The quantitative estimate of drug-likeness (QED) is 0.881. The molecule has 1 aromatic heterocycles. The number of amides is 1. The number of likely N-dealkylation sites (tertiary alicyclic amines) is 1. The van der Waals surface area contributed by atoms with E-state index in [-0.39, 0.29) is 5.91 Å². The normalized spacial score (nSPS) is 19.2. The van der Waals surface area contributed by atoms with Gasteiger partial charge in [-0.15, -0.1) is 0 Å². The summed E-state index contributed by atoms with van der Waals surface area (Å²) in [5, 5.41) is 0. The van der Waals surface area contributed by atoms with E-state index < -0.39 is 0 Å². The van der Waals surface area contributed by atoms with E-state index in [0.29, 0.717) is 18.2 Å². The first-order valence-electron chi connectivity index (χ1n) is 6.65. The molecule has 1 aromatic rings. The lowest BCUT2D eigenvalue weighted by Crippen LogP contribution is -2.35. The van der Waals surface area contributed by atoms with Crippen molar-refractivity contribution < 1.29 is 4.79 Å². The van der Waals surface area contributed by atoms with Gasteiger partial charge in [0.15, 0.2) is 0 Å². The average molecular weight is 247 g/mol. The highest BCUT2D eigenvalue weighted by atomic mass is 16.2. The van der Waals surface area contributed by atoms with Crippen molar-refractivity contribution in [1.29, 1.82) is 0 Å². The maximum absolute atomic E-state index is 12.4. The van der Waals surface area contributed by atoms with Crippen LogP contribution in [0.25, 0.3) is 0 Å². The molecule has 0 bridgehead atoms. The van der Waals surface area contributed by atoms with E-state index in [9.17, 15) is 4.79 Å². The smallest absolute Gasteiger partial charge is 0.255 e. The zero-order valence-electron chi connectivity index (χ0n) is 10.9. The lowest BCUT2D eigenvalue weighted by atomic mass is 10.1. The topological polar surface area (TPSA) is 59.2 Å². The van der Waals surface area contributed by atoms with Gasteiger partial charge in [-0.3, -0.25) is 9.78 Å². The molecule has 1 fully saturated rings. The molecule has 0 aliphatic carbocycles. The predicted octanol–water partition coefficient (Wildman–Crippen LogP) is 1.73. The van der Waals surface area contributed by atoms with Crippen molar-refractivity contribution >= 4 is 5.91 Å². The van der Waals surface area contributed by atoms with E-state index in [1.165, 1.54) is 0 Å². The highest BCUT2D eigenvalue weighted by molar-refractivity contribution is 5.94. The van der Waals surface area contributed by atoms with Gasteiger partial charge in [0.05, 0.1) is 5.56 Å². The van der Waals surface area contributed by atoms with Crippen LogP contribution in [0.15, 0.2) is 18.5 Å². The van der Waals surface area contributed by atoms with Gasteiger partial charge < -0.3 is 10.6 Å². The second-order valence-corrected chi connectivity index (χ2v) is 4.98. The van der Waals surface area contributed by atoms with Gasteiger partial charge in [-0.25, -0.2) is 0 Å². The summed E-state index contributed by atoms with van der Waals surface area (Å²) < 4.78 is 0. The van der Waals surface area contributed by atoms with Crippen LogP contribution >= 0.6 is 0 Å². The SMILES string of the molecule is Cc1cncc(C(=O)N2CCCC2CCCN)c1. The first-order chi connectivity index (χ1) is 8.72. The van der Waals surface area contributed by atoms with Crippen molar-refractivity contribution in [2.24, 2.45) is 5.73 Å². The van der Waals surface area contributed by atoms with Crippen molar-refractivity contribution in [3.05, 3.63) is 29.6 Å². The Hall–Kier alpha value is -1.42. The van der Waals surface area contributed by atoms with Crippen LogP contribution in [0.1, 0.15) is 41.6 Å². The first kappa shape index (κ1) is 13.0. The number of nitrogens with two attached hydrogens (primary N) is 1. The molecule has 4 nitrogen and oxygen atoms in total. The van der Waals surface area contributed by atoms with Crippen molar-refractivity contribution in [3.63, 3.8) is 0 Å². The standard InChI is InChI=1S/C14H21N3O/c1-11-8-12(10-16-9-11)14(18)17-7-3-5-13(17)4-2-6-15/h8-10,13H,2-7,15H2,1H3. The Bertz CT molecular complexity index is 419. The van der Waals surface area contributed by atoms with Crippen LogP contribution in [0.4, 0.5) is 0 Å². The maximum Gasteiger partial charge on any atom is 0.255 e. The van der Waals surface area contributed by atoms with Crippen LogP contribution in [-0.2, 0) is 0 Å². The zero-order chi connectivity index (χ0) is 13.0. The molecule has 1 amide bonds. The van der Waals surface area contributed by atoms with Gasteiger partial charge in [0.2, 0.25) is 0 Å². The summed E-state index contributed by atoms with van der Waals surface area (Å²) >= 11 is 0. The summed E-state index contributed by atoms with van der Waals surface area (Å²) in [7, 11) is 0. The van der Waals surface area contributed by atoms with Crippen molar-refractivity contribution in [1.82, 2.24) is 9.88 Å². The number of rotatable bonds is 4. The Balaban J connectivity index is 2.08. The molecule has 0 radical (unpaired) electrons. The Morgan fingerprint density at radius 1 is 1.56 bits per heavy atom. The average Bonchev–Trinajstić information content (AvgIpc) is 2.83. The van der Waals surface area contributed by atoms with Crippen molar-refractivity contribution in [2.75, 3.05) is 13.1 Å². The molecule has 4 heteroatoms. The molecule has 98 valence electrons. The predicted molar refractivity (Wildman–Crippen MR) is 71.3 cm³/mol. The summed E-state index contributed by atoms with van der Waals surface area (Å²) in [6, 6.07) is 2.27. The molecular formula is C14H21N3O. The van der Waals surface area contributed by atoms with Crippen LogP contribution in [0.3, 0.4) is 0 Å². The minimum absolute atomic E-state index is 0.116. The van der Waals surface area contributed by atoms with Crippen LogP contribution in [-0.4, -0.2) is 34.9 Å². The second-order valence-electron chi connectivity index (χ2n) is 4.98. The number of carbonyl (C=O) groups is 1. The van der Waals surface area contributed by atoms with E-state index in [1.807, 2.05) is 17.9 Å². The third-order valence-corrected chi connectivity index (χ3v) is 3.50. The zero-order valence-corrected chi connectivity index (χ0v) is 10.9. The molecule has 1 atom stereocenters. The molecule has 0 aromatic carbocycles. The molecular weight excluding hydrogens is 226 g/mol. The Morgan fingerprint density at radius 3 is 3.11 bits per heavy atom. The van der Waals surface area contributed by atoms with E-state index >= 15 is 0 Å². The number of pyridine rings is 1. The van der Waals surface area contributed by atoms with Crippen molar-refractivity contribution in [2.45, 2.75) is 38.6 Å². The lowest BCUT2D eigenvalue weighted by molar-refractivity contribution is 0.0729. The van der Waals surface area contributed by atoms with Gasteiger partial charge >= 0.3 is 0 Å². The summed E-state index contributed by atoms with van der Waals surface area (Å²) in [6.45, 7) is 3.52. The van der Waals surface area contributed by atoms with E-state index in [2.05, 4.69) is 4.98 Å². The fraction of sp³-hybridized carbons (Fsp3) is 0.571. The molecule has 18 heavy (non-hydrogen) atoms. The van der Waals surface area contributed by atoms with Crippen LogP contribution in [0, 0.1) is 6.92 Å². The van der Waals surface area contributed by atoms with Gasteiger partial charge in [0.1, 0.15) is 0 Å². The highest BCUT2D eigenvalue weighted by Gasteiger charge is 2.28. The number of aryl methyl sites for hydroxylation is 1. The molecule has 1 aliphatic heterocycles. The van der Waals surface area contributed by atoms with Crippen molar-refractivity contribution in [3.8, 4) is 0 Å². The summed E-state index contributed by atoms with van der Waals surface area (Å²) in [4.78, 5) is 18.5. The van der Waals surface area contributed by atoms with Gasteiger partial charge in [-0.05, 0) is 50.8 Å². The monoisotopic (exact) mass is 247 g/mol. The summed E-state index contributed by atoms with van der Waals surface area (Å²) in [6.07, 6.45) is 7.63. The maximum atomic E-state index is 12.4. The third-order valence-electron chi connectivity index (χ3n) is 3.50. The van der Waals surface area contributed by atoms with Crippen LogP contribution in [0.5, 0.6) is 0 Å². The fourth-order valence-electron chi connectivity index (χ4n) is 2.59. The molecule has 2 rings (SSSR count). The molecule has 2 heterocycles. The molecule has 0 spiro atoms. The van der Waals surface area contributed by atoms with Crippen LogP contribution in [0.2, 0.25) is 0 Å². The van der Waals surface area contributed by atoms with Crippen LogP contribution < -0.4 is 5.73 Å². The number of carbonyl (C=O) groups excluding carboxylic acids is 1. The van der Waals surface area contributed by atoms with E-state index in [4.69, 9.17) is 5.73 Å². The van der Waals surface area contributed by atoms with Gasteiger partial charge in [-0.2, -0.15) is 0 Å². The number of aromatic nitrogens is 1. The number of hydrogen-bond donors (Lipinski definition) is 1. The minimum atomic E-state index is 0.116. The molecule has 1 saturated heterocycles. The summed E-state index contributed by atoms with van der Waals surface area (Å²) in [5.41, 5.74) is 7.28. The van der Waals surface area contributed by atoms with E-state index in [0.717, 1.165) is 37.8 Å². The van der Waals surface area contributed by atoms with Gasteiger partial charge in [-0.1, -0.05) is 0 Å². The number of hydrogen-bond acceptors (Lipinski definition) is 3. The Morgan fingerprint density at radius 2 is 2.39 bits per heavy atom. The molecule has 1 aliphatic rings. The lowest BCUT2D eigenvalue weighted by Gasteiger charge is -2.24. The second kappa shape index (κ2) is 5.96. The molecule has 1 unspecified atom stereocenters. The largest absolute Gasteiger partial charge is 0.336 e.